The molecule has 0 bridgehead atoms. The van der Waals surface area contributed by atoms with Gasteiger partial charge >= 0.3 is 12.1 Å². The van der Waals surface area contributed by atoms with Gasteiger partial charge in [-0.05, 0) is 41.5 Å². The largest absolute Gasteiger partial charge is 0.460 e. The van der Waals surface area contributed by atoms with E-state index in [-0.39, 0.29) is 13.1 Å². The zero-order chi connectivity index (χ0) is 15.7. The van der Waals surface area contributed by atoms with E-state index in [1.165, 1.54) is 4.90 Å². The molecule has 0 aromatic heterocycles. The number of likely N-dealkylation sites (tertiary alicyclic amines) is 1. The van der Waals surface area contributed by atoms with Crippen molar-refractivity contribution in [3.63, 3.8) is 0 Å². The number of aliphatic hydroxyl groups excluding tert-OH is 1. The third kappa shape index (κ3) is 5.00. The molecule has 0 spiro atoms. The van der Waals surface area contributed by atoms with Crippen molar-refractivity contribution in [1.82, 2.24) is 4.90 Å². The highest BCUT2D eigenvalue weighted by atomic mass is 16.6. The van der Waals surface area contributed by atoms with Gasteiger partial charge in [0.25, 0.3) is 0 Å². The Morgan fingerprint density at radius 1 is 1.00 bits per heavy atom. The van der Waals surface area contributed by atoms with E-state index in [4.69, 9.17) is 9.47 Å². The summed E-state index contributed by atoms with van der Waals surface area (Å²) in [6.07, 6.45) is -1.44. The lowest BCUT2D eigenvalue weighted by molar-refractivity contribution is -0.162. The quantitative estimate of drug-likeness (QED) is 0.741. The number of nitrogens with zero attached hydrogens (tertiary/aromatic N) is 1. The van der Waals surface area contributed by atoms with Crippen LogP contribution in [0.1, 0.15) is 41.5 Å². The van der Waals surface area contributed by atoms with Gasteiger partial charge in [0, 0.05) is 6.54 Å². The molecule has 1 aliphatic rings. The number of amides is 1. The highest BCUT2D eigenvalue weighted by Gasteiger charge is 2.42. The Morgan fingerprint density at radius 3 is 1.95 bits per heavy atom. The predicted molar refractivity (Wildman–Crippen MR) is 73.1 cm³/mol. The SMILES string of the molecule is CC(C)(C)OC(=O)[C@@H]1CN(C(=O)OC(C)(C)C)C[C@H]1O. The van der Waals surface area contributed by atoms with Crippen LogP contribution in [0.15, 0.2) is 0 Å². The van der Waals surface area contributed by atoms with Crippen LogP contribution >= 0.6 is 0 Å². The first-order chi connectivity index (χ1) is 8.89. The summed E-state index contributed by atoms with van der Waals surface area (Å²) in [5.74, 6) is -1.21. The van der Waals surface area contributed by atoms with Gasteiger partial charge in [-0.1, -0.05) is 0 Å². The molecule has 1 heterocycles. The van der Waals surface area contributed by atoms with E-state index >= 15 is 0 Å². The van der Waals surface area contributed by atoms with Crippen LogP contribution in [-0.2, 0) is 14.3 Å². The molecule has 1 N–H and O–H groups in total. The molecule has 20 heavy (non-hydrogen) atoms. The molecule has 0 radical (unpaired) electrons. The van der Waals surface area contributed by atoms with E-state index in [9.17, 15) is 14.7 Å². The average molecular weight is 287 g/mol. The molecule has 1 amide bonds. The molecule has 0 unspecified atom stereocenters. The lowest BCUT2D eigenvalue weighted by Crippen LogP contribution is -2.36. The lowest BCUT2D eigenvalue weighted by atomic mass is 10.1. The fraction of sp³-hybridized carbons (Fsp3) is 0.857. The Hall–Kier alpha value is -1.30. The molecule has 0 saturated carbocycles. The Morgan fingerprint density at radius 2 is 1.50 bits per heavy atom. The van der Waals surface area contributed by atoms with Gasteiger partial charge < -0.3 is 19.5 Å². The zero-order valence-electron chi connectivity index (χ0n) is 13.1. The van der Waals surface area contributed by atoms with E-state index in [1.54, 1.807) is 41.5 Å². The van der Waals surface area contributed by atoms with Crippen molar-refractivity contribution in [2.45, 2.75) is 58.8 Å². The number of β-amino-alcohol motifs (C(OH)–C–C–N with tert-alkyl or cyclic N) is 1. The van der Waals surface area contributed by atoms with Crippen molar-refractivity contribution in [3.8, 4) is 0 Å². The third-order valence-corrected chi connectivity index (χ3v) is 2.65. The number of carbonyl (C=O) groups is 2. The van der Waals surface area contributed by atoms with Gasteiger partial charge in [0.05, 0.1) is 12.6 Å². The molecule has 116 valence electrons. The summed E-state index contributed by atoms with van der Waals surface area (Å²) in [5, 5.41) is 9.92. The first-order valence-electron chi connectivity index (χ1n) is 6.78. The fourth-order valence-corrected chi connectivity index (χ4v) is 1.87. The third-order valence-electron chi connectivity index (χ3n) is 2.65. The molecule has 1 rings (SSSR count). The smallest absolute Gasteiger partial charge is 0.410 e. The summed E-state index contributed by atoms with van der Waals surface area (Å²) in [5.41, 5.74) is -1.22. The van der Waals surface area contributed by atoms with Crippen molar-refractivity contribution in [1.29, 1.82) is 0 Å². The molecule has 0 aromatic rings. The molecule has 1 saturated heterocycles. The van der Waals surface area contributed by atoms with Crippen molar-refractivity contribution in [2.75, 3.05) is 13.1 Å². The monoisotopic (exact) mass is 287 g/mol. The van der Waals surface area contributed by atoms with Crippen molar-refractivity contribution in [3.05, 3.63) is 0 Å². The Kier molecular flexibility index (Phi) is 4.69. The molecule has 6 heteroatoms. The Balaban J connectivity index is 2.63. The van der Waals surface area contributed by atoms with Crippen LogP contribution < -0.4 is 0 Å². The second-order valence-electron chi connectivity index (χ2n) is 7.09. The van der Waals surface area contributed by atoms with Gasteiger partial charge in [0.15, 0.2) is 0 Å². The van der Waals surface area contributed by atoms with Crippen LogP contribution in [0.25, 0.3) is 0 Å². The second kappa shape index (κ2) is 5.60. The zero-order valence-corrected chi connectivity index (χ0v) is 13.1. The summed E-state index contributed by atoms with van der Waals surface area (Å²) in [6.45, 7) is 10.8. The maximum absolute atomic E-state index is 12.0. The van der Waals surface area contributed by atoms with Crippen molar-refractivity contribution in [2.24, 2.45) is 5.92 Å². The first-order valence-corrected chi connectivity index (χ1v) is 6.78. The topological polar surface area (TPSA) is 76.1 Å². The summed E-state index contributed by atoms with van der Waals surface area (Å²) in [6, 6.07) is 0. The number of ether oxygens (including phenoxy) is 2. The number of aliphatic hydroxyl groups is 1. The van der Waals surface area contributed by atoms with Crippen LogP contribution in [0.2, 0.25) is 0 Å². The normalized spacial score (nSPS) is 23.6. The highest BCUT2D eigenvalue weighted by molar-refractivity contribution is 5.77. The standard InChI is InChI=1S/C14H25NO5/c1-13(2,3)19-11(17)9-7-15(8-10(9)16)12(18)20-14(4,5)6/h9-10,16H,7-8H2,1-6H3/t9-,10-/m1/s1. The molecule has 0 aliphatic carbocycles. The first kappa shape index (κ1) is 16.8. The van der Waals surface area contributed by atoms with Crippen molar-refractivity contribution >= 4 is 12.1 Å². The van der Waals surface area contributed by atoms with Gasteiger partial charge in [-0.15, -0.1) is 0 Å². The molecule has 0 aromatic carbocycles. The van der Waals surface area contributed by atoms with Gasteiger partial charge in [0.2, 0.25) is 0 Å². The number of carbonyl (C=O) groups excluding carboxylic acids is 2. The summed E-state index contributed by atoms with van der Waals surface area (Å²) in [7, 11) is 0. The van der Waals surface area contributed by atoms with E-state index in [2.05, 4.69) is 0 Å². The van der Waals surface area contributed by atoms with Gasteiger partial charge in [-0.25, -0.2) is 4.79 Å². The summed E-state index contributed by atoms with van der Waals surface area (Å²) < 4.78 is 10.5. The van der Waals surface area contributed by atoms with Crippen LogP contribution in [0.3, 0.4) is 0 Å². The van der Waals surface area contributed by atoms with E-state index in [0.29, 0.717) is 0 Å². The second-order valence-corrected chi connectivity index (χ2v) is 7.09. The van der Waals surface area contributed by atoms with E-state index in [0.717, 1.165) is 0 Å². The average Bonchev–Trinajstić information content (AvgIpc) is 2.55. The highest BCUT2D eigenvalue weighted by Crippen LogP contribution is 2.23. The molecule has 1 aliphatic heterocycles. The van der Waals surface area contributed by atoms with Gasteiger partial charge in [-0.2, -0.15) is 0 Å². The minimum atomic E-state index is -0.919. The fourth-order valence-electron chi connectivity index (χ4n) is 1.87. The number of hydrogen-bond donors (Lipinski definition) is 1. The van der Waals surface area contributed by atoms with Crippen LogP contribution in [0, 0.1) is 5.92 Å². The Bertz CT molecular complexity index is 380. The van der Waals surface area contributed by atoms with Crippen LogP contribution in [0.5, 0.6) is 0 Å². The molecule has 6 nitrogen and oxygen atoms in total. The Labute approximate surface area is 120 Å². The predicted octanol–water partition coefficient (Wildman–Crippen LogP) is 1.56. The number of hydrogen-bond acceptors (Lipinski definition) is 5. The maximum atomic E-state index is 12.0. The van der Waals surface area contributed by atoms with Crippen molar-refractivity contribution < 1.29 is 24.2 Å². The van der Waals surface area contributed by atoms with Gasteiger partial charge in [-0.3, -0.25) is 4.79 Å². The molecule has 2 atom stereocenters. The maximum Gasteiger partial charge on any atom is 0.410 e. The van der Waals surface area contributed by atoms with E-state index in [1.807, 2.05) is 0 Å². The molecule has 1 fully saturated rings. The van der Waals surface area contributed by atoms with Gasteiger partial charge in [0.1, 0.15) is 17.1 Å². The number of rotatable bonds is 1. The molecular weight excluding hydrogens is 262 g/mol. The summed E-state index contributed by atoms with van der Waals surface area (Å²) in [4.78, 5) is 25.2. The number of esters is 1. The van der Waals surface area contributed by atoms with E-state index < -0.39 is 35.3 Å². The molecular formula is C14H25NO5. The lowest BCUT2D eigenvalue weighted by Gasteiger charge is -2.24. The van der Waals surface area contributed by atoms with Crippen LogP contribution in [-0.4, -0.2) is 52.5 Å². The minimum absolute atomic E-state index is 0.0822. The minimum Gasteiger partial charge on any atom is -0.460 e. The summed E-state index contributed by atoms with van der Waals surface area (Å²) >= 11 is 0. The van der Waals surface area contributed by atoms with Crippen LogP contribution in [0.4, 0.5) is 4.79 Å².